The molecule has 1 aromatic carbocycles. The SMILES string of the molecule is CCOC(=O)CCNC(C)c1ccc2c(c1)NC(=O)CO2. The smallest absolute Gasteiger partial charge is 0.307 e. The Labute approximate surface area is 123 Å². The van der Waals surface area contributed by atoms with Crippen LogP contribution in [0.25, 0.3) is 0 Å². The summed E-state index contributed by atoms with van der Waals surface area (Å²) in [5, 5.41) is 6.03. The molecule has 1 atom stereocenters. The summed E-state index contributed by atoms with van der Waals surface area (Å²) < 4.78 is 10.2. The minimum absolute atomic E-state index is 0.0552. The predicted octanol–water partition coefficient (Wildman–Crippen LogP) is 1.62. The molecule has 21 heavy (non-hydrogen) atoms. The van der Waals surface area contributed by atoms with Gasteiger partial charge in [0.15, 0.2) is 6.61 Å². The molecule has 2 rings (SSSR count). The van der Waals surface area contributed by atoms with Gasteiger partial charge in [0.1, 0.15) is 5.75 Å². The fraction of sp³-hybridized carbons (Fsp3) is 0.467. The van der Waals surface area contributed by atoms with Crippen LogP contribution in [0, 0.1) is 0 Å². The molecule has 0 saturated carbocycles. The van der Waals surface area contributed by atoms with E-state index in [-0.39, 0.29) is 24.5 Å². The number of esters is 1. The van der Waals surface area contributed by atoms with Gasteiger partial charge < -0.3 is 20.1 Å². The molecule has 1 aliphatic heterocycles. The lowest BCUT2D eigenvalue weighted by Crippen LogP contribution is -2.26. The van der Waals surface area contributed by atoms with E-state index in [9.17, 15) is 9.59 Å². The topological polar surface area (TPSA) is 76.7 Å². The van der Waals surface area contributed by atoms with E-state index in [0.29, 0.717) is 31.0 Å². The van der Waals surface area contributed by atoms with Crippen molar-refractivity contribution in [2.45, 2.75) is 26.3 Å². The van der Waals surface area contributed by atoms with Gasteiger partial charge in [-0.2, -0.15) is 0 Å². The quantitative estimate of drug-likeness (QED) is 0.779. The van der Waals surface area contributed by atoms with Crippen molar-refractivity contribution in [3.8, 4) is 5.75 Å². The number of nitrogens with one attached hydrogen (secondary N) is 2. The maximum absolute atomic E-state index is 11.3. The van der Waals surface area contributed by atoms with Crippen molar-refractivity contribution in [2.75, 3.05) is 25.1 Å². The molecule has 0 fully saturated rings. The van der Waals surface area contributed by atoms with Crippen LogP contribution in [0.5, 0.6) is 5.75 Å². The van der Waals surface area contributed by atoms with Crippen LogP contribution in [-0.4, -0.2) is 31.6 Å². The Morgan fingerprint density at radius 2 is 2.33 bits per heavy atom. The highest BCUT2D eigenvalue weighted by atomic mass is 16.5. The standard InChI is InChI=1S/C15H20N2O4/c1-3-20-15(19)6-7-16-10(2)11-4-5-13-12(8-11)17-14(18)9-21-13/h4-5,8,10,16H,3,6-7,9H2,1-2H3,(H,17,18). The van der Waals surface area contributed by atoms with Gasteiger partial charge in [-0.3, -0.25) is 9.59 Å². The van der Waals surface area contributed by atoms with Crippen LogP contribution in [0.15, 0.2) is 18.2 Å². The molecule has 6 nitrogen and oxygen atoms in total. The Kier molecular flexibility index (Phi) is 5.16. The molecule has 0 saturated heterocycles. The van der Waals surface area contributed by atoms with Crippen LogP contribution in [-0.2, 0) is 14.3 Å². The van der Waals surface area contributed by atoms with Crippen LogP contribution in [0.4, 0.5) is 5.69 Å². The number of hydrogen-bond donors (Lipinski definition) is 2. The summed E-state index contributed by atoms with van der Waals surface area (Å²) in [6, 6.07) is 5.73. The zero-order valence-corrected chi connectivity index (χ0v) is 12.3. The first-order valence-electron chi connectivity index (χ1n) is 7.05. The molecule has 6 heteroatoms. The van der Waals surface area contributed by atoms with Crippen LogP contribution >= 0.6 is 0 Å². The van der Waals surface area contributed by atoms with E-state index in [1.54, 1.807) is 6.92 Å². The van der Waals surface area contributed by atoms with Gasteiger partial charge >= 0.3 is 5.97 Å². The van der Waals surface area contributed by atoms with Crippen molar-refractivity contribution in [1.82, 2.24) is 5.32 Å². The third-order valence-electron chi connectivity index (χ3n) is 3.22. The zero-order valence-electron chi connectivity index (χ0n) is 12.3. The second kappa shape index (κ2) is 7.08. The number of benzene rings is 1. The Bertz CT molecular complexity index is 530. The van der Waals surface area contributed by atoms with E-state index in [1.807, 2.05) is 25.1 Å². The molecule has 2 N–H and O–H groups in total. The van der Waals surface area contributed by atoms with E-state index in [2.05, 4.69) is 10.6 Å². The van der Waals surface area contributed by atoms with E-state index >= 15 is 0 Å². The predicted molar refractivity (Wildman–Crippen MR) is 78.2 cm³/mol. The Morgan fingerprint density at radius 1 is 1.52 bits per heavy atom. The second-order valence-corrected chi connectivity index (χ2v) is 4.82. The number of carbonyl (C=O) groups excluding carboxylic acids is 2. The summed E-state index contributed by atoms with van der Waals surface area (Å²) in [5.74, 6) is 0.322. The number of hydrogen-bond acceptors (Lipinski definition) is 5. The lowest BCUT2D eigenvalue weighted by Gasteiger charge is -2.20. The van der Waals surface area contributed by atoms with E-state index in [1.165, 1.54) is 0 Å². The first-order valence-corrected chi connectivity index (χ1v) is 7.05. The van der Waals surface area contributed by atoms with E-state index < -0.39 is 0 Å². The summed E-state index contributed by atoms with van der Waals surface area (Å²) in [7, 11) is 0. The highest BCUT2D eigenvalue weighted by Gasteiger charge is 2.17. The van der Waals surface area contributed by atoms with Gasteiger partial charge in [-0.1, -0.05) is 6.07 Å². The normalized spacial score (nSPS) is 14.7. The molecule has 0 spiro atoms. The van der Waals surface area contributed by atoms with Crippen molar-refractivity contribution < 1.29 is 19.1 Å². The van der Waals surface area contributed by atoms with Gasteiger partial charge in [0.25, 0.3) is 5.91 Å². The third kappa shape index (κ3) is 4.19. The average Bonchev–Trinajstić information content (AvgIpc) is 2.46. The maximum atomic E-state index is 11.3. The molecule has 1 amide bonds. The second-order valence-electron chi connectivity index (χ2n) is 4.82. The fourth-order valence-corrected chi connectivity index (χ4v) is 2.11. The molecule has 0 radical (unpaired) electrons. The number of ether oxygens (including phenoxy) is 2. The number of carbonyl (C=O) groups is 2. The highest BCUT2D eigenvalue weighted by Crippen LogP contribution is 2.30. The summed E-state index contributed by atoms with van der Waals surface area (Å²) in [6.07, 6.45) is 0.336. The Balaban J connectivity index is 1.90. The highest BCUT2D eigenvalue weighted by molar-refractivity contribution is 5.95. The number of rotatable bonds is 6. The van der Waals surface area contributed by atoms with Crippen LogP contribution in [0.1, 0.15) is 31.9 Å². The van der Waals surface area contributed by atoms with Crippen LogP contribution in [0.3, 0.4) is 0 Å². The third-order valence-corrected chi connectivity index (χ3v) is 3.22. The van der Waals surface area contributed by atoms with E-state index in [4.69, 9.17) is 9.47 Å². The number of amides is 1. The van der Waals surface area contributed by atoms with Crippen molar-refractivity contribution in [2.24, 2.45) is 0 Å². The fourth-order valence-electron chi connectivity index (χ4n) is 2.11. The molecule has 1 aliphatic rings. The van der Waals surface area contributed by atoms with E-state index in [0.717, 1.165) is 5.56 Å². The Morgan fingerprint density at radius 3 is 3.10 bits per heavy atom. The summed E-state index contributed by atoms with van der Waals surface area (Å²) in [5.41, 5.74) is 1.70. The maximum Gasteiger partial charge on any atom is 0.307 e. The van der Waals surface area contributed by atoms with Gasteiger partial charge in [-0.25, -0.2) is 0 Å². The van der Waals surface area contributed by atoms with Crippen molar-refractivity contribution in [3.63, 3.8) is 0 Å². The molecular formula is C15H20N2O4. The molecule has 1 aromatic rings. The lowest BCUT2D eigenvalue weighted by molar-refractivity contribution is -0.143. The molecule has 114 valence electrons. The number of fused-ring (bicyclic) bond motifs is 1. The summed E-state index contributed by atoms with van der Waals surface area (Å²) in [6.45, 7) is 4.79. The zero-order chi connectivity index (χ0) is 15.2. The van der Waals surface area contributed by atoms with Crippen molar-refractivity contribution in [3.05, 3.63) is 23.8 Å². The van der Waals surface area contributed by atoms with Crippen LogP contribution < -0.4 is 15.4 Å². The summed E-state index contributed by atoms with van der Waals surface area (Å²) in [4.78, 5) is 22.6. The molecular weight excluding hydrogens is 272 g/mol. The molecule has 1 heterocycles. The number of anilines is 1. The minimum Gasteiger partial charge on any atom is -0.482 e. The summed E-state index contributed by atoms with van der Waals surface area (Å²) >= 11 is 0. The Hall–Kier alpha value is -2.08. The monoisotopic (exact) mass is 292 g/mol. The average molecular weight is 292 g/mol. The first kappa shape index (κ1) is 15.3. The van der Waals surface area contributed by atoms with Gasteiger partial charge in [0, 0.05) is 12.6 Å². The largest absolute Gasteiger partial charge is 0.482 e. The first-order chi connectivity index (χ1) is 10.1. The molecule has 1 unspecified atom stereocenters. The van der Waals surface area contributed by atoms with Gasteiger partial charge in [0.2, 0.25) is 0 Å². The van der Waals surface area contributed by atoms with Gasteiger partial charge in [0.05, 0.1) is 18.7 Å². The lowest BCUT2D eigenvalue weighted by atomic mass is 10.1. The van der Waals surface area contributed by atoms with Crippen molar-refractivity contribution >= 4 is 17.6 Å². The van der Waals surface area contributed by atoms with Crippen molar-refractivity contribution in [1.29, 1.82) is 0 Å². The minimum atomic E-state index is -0.205. The van der Waals surface area contributed by atoms with Gasteiger partial charge in [-0.15, -0.1) is 0 Å². The van der Waals surface area contributed by atoms with Gasteiger partial charge in [-0.05, 0) is 31.5 Å². The molecule has 0 aromatic heterocycles. The van der Waals surface area contributed by atoms with Crippen LogP contribution in [0.2, 0.25) is 0 Å². The molecule has 0 aliphatic carbocycles. The molecule has 0 bridgehead atoms.